The molecule has 0 atom stereocenters. The van der Waals surface area contributed by atoms with Gasteiger partial charge < -0.3 is 0 Å². The molecule has 0 aromatic carbocycles. The molecule has 0 spiro atoms. The van der Waals surface area contributed by atoms with Gasteiger partial charge in [-0.05, 0) is 24.6 Å². The Balaban J connectivity index is 2.80. The molecular formula is C10H9IN2. The van der Waals surface area contributed by atoms with E-state index < -0.39 is 0 Å². The van der Waals surface area contributed by atoms with Gasteiger partial charge in [0.2, 0.25) is 0 Å². The summed E-state index contributed by atoms with van der Waals surface area (Å²) in [6, 6.07) is 1.96. The van der Waals surface area contributed by atoms with E-state index in [4.69, 9.17) is 6.42 Å². The van der Waals surface area contributed by atoms with E-state index >= 15 is 0 Å². The molecule has 1 heterocycles. The first kappa shape index (κ1) is 10.1. The van der Waals surface area contributed by atoms with Crippen molar-refractivity contribution in [2.75, 3.05) is 0 Å². The average Bonchev–Trinajstić information content (AvgIpc) is 2.52. The molecule has 0 N–H and O–H groups in total. The van der Waals surface area contributed by atoms with Gasteiger partial charge in [0.05, 0.1) is 28.6 Å². The third-order valence-electron chi connectivity index (χ3n) is 1.50. The second-order valence-electron chi connectivity index (χ2n) is 2.47. The smallest absolute Gasteiger partial charge is 0.0888 e. The van der Waals surface area contributed by atoms with Crippen molar-refractivity contribution >= 4 is 28.4 Å². The van der Waals surface area contributed by atoms with Crippen LogP contribution in [0.15, 0.2) is 30.5 Å². The molecular weight excluding hydrogens is 275 g/mol. The molecule has 0 saturated carbocycles. The summed E-state index contributed by atoms with van der Waals surface area (Å²) in [6.45, 7) is 2.00. The fourth-order valence-corrected chi connectivity index (χ4v) is 1.24. The first-order valence-corrected chi connectivity index (χ1v) is 4.72. The number of rotatable bonds is 2. The lowest BCUT2D eigenvalue weighted by Gasteiger charge is -1.91. The maximum absolute atomic E-state index is 5.07. The zero-order valence-electron chi connectivity index (χ0n) is 7.24. The van der Waals surface area contributed by atoms with Crippen molar-refractivity contribution in [2.45, 2.75) is 6.92 Å². The van der Waals surface area contributed by atoms with Crippen molar-refractivity contribution in [3.63, 3.8) is 0 Å². The van der Waals surface area contributed by atoms with Crippen molar-refractivity contribution < 1.29 is 0 Å². The van der Waals surface area contributed by atoms with E-state index in [0.29, 0.717) is 0 Å². The van der Waals surface area contributed by atoms with Gasteiger partial charge in [0, 0.05) is 6.20 Å². The van der Waals surface area contributed by atoms with Gasteiger partial charge in [0.25, 0.3) is 0 Å². The summed E-state index contributed by atoms with van der Waals surface area (Å²) in [5.74, 6) is 2.43. The van der Waals surface area contributed by atoms with E-state index in [1.807, 2.05) is 31.3 Å². The molecule has 66 valence electrons. The minimum Gasteiger partial charge on any atom is -0.211 e. The summed E-state index contributed by atoms with van der Waals surface area (Å²) in [5.41, 5.74) is 2.07. The number of hydrogen-bond acceptors (Lipinski definition) is 1. The molecule has 1 aromatic heterocycles. The largest absolute Gasteiger partial charge is 0.211 e. The van der Waals surface area contributed by atoms with Crippen molar-refractivity contribution in [1.82, 2.24) is 7.99 Å². The predicted molar refractivity (Wildman–Crippen MR) is 63.3 cm³/mol. The van der Waals surface area contributed by atoms with Gasteiger partial charge in [-0.1, -0.05) is 18.1 Å². The lowest BCUT2D eigenvalue weighted by molar-refractivity contribution is 1.04. The van der Waals surface area contributed by atoms with Crippen LogP contribution in [0.4, 0.5) is 0 Å². The Bertz CT molecular complexity index is 380. The van der Waals surface area contributed by atoms with Crippen molar-refractivity contribution in [3.05, 3.63) is 36.2 Å². The third-order valence-corrected chi connectivity index (χ3v) is 2.04. The van der Waals surface area contributed by atoms with Crippen molar-refractivity contribution in [1.29, 1.82) is 0 Å². The maximum atomic E-state index is 5.07. The Morgan fingerprint density at radius 1 is 1.77 bits per heavy atom. The molecule has 0 aliphatic carbocycles. The first-order valence-electron chi connectivity index (χ1n) is 3.76. The molecule has 0 unspecified atom stereocenters. The van der Waals surface area contributed by atoms with Crippen LogP contribution in [0.1, 0.15) is 12.6 Å². The number of hydrogen-bond donors (Lipinski definition) is 0. The second-order valence-corrected chi connectivity index (χ2v) is 3.45. The Hall–Kier alpha value is -1.02. The van der Waals surface area contributed by atoms with Crippen LogP contribution in [0, 0.1) is 12.3 Å². The highest BCUT2D eigenvalue weighted by atomic mass is 127. The highest BCUT2D eigenvalue weighted by Crippen LogP contribution is 2.11. The summed E-state index contributed by atoms with van der Waals surface area (Å²) in [5, 5.41) is 4.24. The molecule has 0 radical (unpaired) electrons. The Kier molecular flexibility index (Phi) is 3.77. The number of terminal acetylenes is 1. The van der Waals surface area contributed by atoms with Gasteiger partial charge in [0.15, 0.2) is 0 Å². The van der Waals surface area contributed by atoms with Crippen LogP contribution in [-0.2, 0) is 0 Å². The van der Waals surface area contributed by atoms with E-state index in [1.165, 1.54) is 0 Å². The van der Waals surface area contributed by atoms with Crippen LogP contribution < -0.4 is 0 Å². The minimum absolute atomic E-state index is 0.969. The zero-order chi connectivity index (χ0) is 9.68. The highest BCUT2D eigenvalue weighted by molar-refractivity contribution is 14.1. The van der Waals surface area contributed by atoms with Crippen LogP contribution in [0.3, 0.4) is 0 Å². The van der Waals surface area contributed by atoms with Crippen LogP contribution in [0.25, 0.3) is 5.57 Å². The van der Waals surface area contributed by atoms with E-state index in [0.717, 1.165) is 11.3 Å². The van der Waals surface area contributed by atoms with Gasteiger partial charge >= 0.3 is 0 Å². The quantitative estimate of drug-likeness (QED) is 0.464. The molecule has 0 aliphatic rings. The molecule has 1 rings (SSSR count). The summed E-state index contributed by atoms with van der Waals surface area (Å²) in [7, 11) is 0. The van der Waals surface area contributed by atoms with Crippen molar-refractivity contribution in [2.24, 2.45) is 0 Å². The van der Waals surface area contributed by atoms with Gasteiger partial charge in [-0.2, -0.15) is 5.10 Å². The molecule has 0 fully saturated rings. The van der Waals surface area contributed by atoms with E-state index in [2.05, 4.69) is 33.9 Å². The van der Waals surface area contributed by atoms with Crippen LogP contribution >= 0.6 is 22.9 Å². The molecule has 3 heteroatoms. The topological polar surface area (TPSA) is 17.8 Å². The summed E-state index contributed by atoms with van der Waals surface area (Å²) in [4.78, 5) is 0. The van der Waals surface area contributed by atoms with Crippen molar-refractivity contribution in [3.8, 4) is 12.3 Å². The molecule has 1 aromatic rings. The average molecular weight is 284 g/mol. The standard InChI is InChI=1S/C10H9IN2/c1-3-4-5-6-9(2)10-7-8-13(11)12-10/h1,4-8H,2H3/b5-4-,9-6+. The number of halogens is 1. The lowest BCUT2D eigenvalue weighted by atomic mass is 10.2. The Morgan fingerprint density at radius 3 is 3.08 bits per heavy atom. The lowest BCUT2D eigenvalue weighted by Crippen LogP contribution is -1.82. The van der Waals surface area contributed by atoms with E-state index in [-0.39, 0.29) is 0 Å². The second kappa shape index (κ2) is 4.87. The van der Waals surface area contributed by atoms with E-state index in [1.54, 1.807) is 8.97 Å². The van der Waals surface area contributed by atoms with Gasteiger partial charge in [-0.15, -0.1) is 6.42 Å². The number of allylic oxidation sites excluding steroid dienone is 4. The molecule has 0 amide bonds. The monoisotopic (exact) mass is 284 g/mol. The molecule has 0 bridgehead atoms. The third kappa shape index (κ3) is 3.07. The van der Waals surface area contributed by atoms with E-state index in [9.17, 15) is 0 Å². The molecule has 0 saturated heterocycles. The Morgan fingerprint density at radius 2 is 2.54 bits per heavy atom. The minimum atomic E-state index is 0.969. The summed E-state index contributed by atoms with van der Waals surface area (Å²) < 4.78 is 1.75. The molecule has 2 nitrogen and oxygen atoms in total. The van der Waals surface area contributed by atoms with Gasteiger partial charge in [0.1, 0.15) is 0 Å². The van der Waals surface area contributed by atoms with Crippen LogP contribution in [-0.4, -0.2) is 7.99 Å². The van der Waals surface area contributed by atoms with Gasteiger partial charge in [-0.3, -0.25) is 0 Å². The van der Waals surface area contributed by atoms with Crippen LogP contribution in [0.2, 0.25) is 0 Å². The van der Waals surface area contributed by atoms with Crippen LogP contribution in [0.5, 0.6) is 0 Å². The zero-order valence-corrected chi connectivity index (χ0v) is 9.39. The fourth-order valence-electron chi connectivity index (χ4n) is 0.845. The Labute approximate surface area is 91.8 Å². The molecule has 0 aliphatic heterocycles. The first-order chi connectivity index (χ1) is 6.24. The fraction of sp³-hybridized carbons (Fsp3) is 0.100. The normalized spacial score (nSPS) is 11.9. The number of nitrogens with zero attached hydrogens (tertiary/aromatic N) is 2. The maximum Gasteiger partial charge on any atom is 0.0888 e. The molecule has 13 heavy (non-hydrogen) atoms. The van der Waals surface area contributed by atoms with Gasteiger partial charge in [-0.25, -0.2) is 2.90 Å². The highest BCUT2D eigenvalue weighted by Gasteiger charge is 1.97. The summed E-state index contributed by atoms with van der Waals surface area (Å²) >= 11 is 2.11. The predicted octanol–water partition coefficient (Wildman–Crippen LogP) is 2.67. The number of aromatic nitrogens is 2. The summed E-state index contributed by atoms with van der Waals surface area (Å²) in [6.07, 6.45) is 12.4. The SMILES string of the molecule is C#C/C=C\C=C(/C)c1ccn(I)n1.